The highest BCUT2D eigenvalue weighted by Crippen LogP contribution is 2.25. The van der Waals surface area contributed by atoms with Crippen molar-refractivity contribution in [3.05, 3.63) is 34.9 Å². The number of hydrogen-bond acceptors (Lipinski definition) is 2. The van der Waals surface area contributed by atoms with Gasteiger partial charge in [-0.3, -0.25) is 4.99 Å². The van der Waals surface area contributed by atoms with Gasteiger partial charge in [-0.25, -0.2) is 0 Å². The number of nitrogens with zero attached hydrogens (tertiary/aromatic N) is 2. The van der Waals surface area contributed by atoms with Crippen LogP contribution in [0.15, 0.2) is 29.3 Å². The maximum atomic E-state index is 5.98. The monoisotopic (exact) mass is 281 g/mol. The van der Waals surface area contributed by atoms with Crippen LogP contribution in [0.5, 0.6) is 0 Å². The molecule has 0 aliphatic heterocycles. The highest BCUT2D eigenvalue weighted by atomic mass is 35.5. The number of benzene rings is 1. The number of nitrogens with two attached hydrogens (primary N) is 1. The molecule has 1 aromatic carbocycles. The summed E-state index contributed by atoms with van der Waals surface area (Å²) in [5.74, 6) is 0.576. The number of rotatable bonds is 5. The van der Waals surface area contributed by atoms with Crippen molar-refractivity contribution in [3.8, 4) is 0 Å². The highest BCUT2D eigenvalue weighted by Gasteiger charge is 2.27. The number of ether oxygens (including phenoxy) is 1. The van der Waals surface area contributed by atoms with Crippen molar-refractivity contribution in [1.29, 1.82) is 0 Å². The summed E-state index contributed by atoms with van der Waals surface area (Å²) in [6.07, 6.45) is 2.29. The second-order valence-electron chi connectivity index (χ2n) is 4.82. The van der Waals surface area contributed by atoms with Gasteiger partial charge in [0.05, 0.1) is 6.54 Å². The smallest absolute Gasteiger partial charge is 0.191 e. The molecule has 5 heteroatoms. The summed E-state index contributed by atoms with van der Waals surface area (Å²) < 4.78 is 5.46. The quantitative estimate of drug-likeness (QED) is 0.666. The molecule has 0 aromatic heterocycles. The van der Waals surface area contributed by atoms with E-state index in [0.717, 1.165) is 5.56 Å². The van der Waals surface area contributed by atoms with E-state index >= 15 is 0 Å². The van der Waals surface area contributed by atoms with E-state index in [2.05, 4.69) is 4.99 Å². The Labute approximate surface area is 119 Å². The molecule has 0 amide bonds. The fraction of sp³-hybridized carbons (Fsp3) is 0.500. The molecule has 1 aliphatic rings. The first-order valence-electron chi connectivity index (χ1n) is 6.43. The summed E-state index contributed by atoms with van der Waals surface area (Å²) in [4.78, 5) is 6.45. The zero-order valence-corrected chi connectivity index (χ0v) is 12.1. The summed E-state index contributed by atoms with van der Waals surface area (Å²) in [7, 11) is 3.65. The van der Waals surface area contributed by atoms with E-state index in [9.17, 15) is 0 Å². The third-order valence-corrected chi connectivity index (χ3v) is 3.62. The summed E-state index contributed by atoms with van der Waals surface area (Å²) in [6, 6.07) is 8.20. The predicted octanol–water partition coefficient (Wildman–Crippen LogP) is 2.44. The van der Waals surface area contributed by atoms with Crippen molar-refractivity contribution >= 4 is 17.6 Å². The van der Waals surface area contributed by atoms with Gasteiger partial charge < -0.3 is 15.4 Å². The average Bonchev–Trinajstić information content (AvgIpc) is 3.22. The normalized spacial score (nSPS) is 17.3. The maximum absolute atomic E-state index is 5.98. The van der Waals surface area contributed by atoms with Crippen LogP contribution in [0.1, 0.15) is 24.5 Å². The van der Waals surface area contributed by atoms with E-state index in [1.165, 1.54) is 12.8 Å². The van der Waals surface area contributed by atoms with E-state index in [1.54, 1.807) is 7.11 Å². The van der Waals surface area contributed by atoms with Gasteiger partial charge in [0.2, 0.25) is 0 Å². The van der Waals surface area contributed by atoms with Gasteiger partial charge >= 0.3 is 0 Å². The molecule has 2 N–H and O–H groups in total. The molecule has 2 rings (SSSR count). The van der Waals surface area contributed by atoms with E-state index in [0.29, 0.717) is 23.6 Å². The molecule has 1 aromatic rings. The van der Waals surface area contributed by atoms with Crippen molar-refractivity contribution < 1.29 is 4.74 Å². The Hall–Kier alpha value is -1.26. The number of halogens is 1. The molecule has 1 atom stereocenters. The second-order valence-corrected chi connectivity index (χ2v) is 5.26. The minimum absolute atomic E-state index is 0.121. The standard InChI is InChI=1S/C14H20ClN3O/c1-18(12-6-7-12)14(16)17-9-13(19-2)10-4-3-5-11(15)8-10/h3-5,8,12-13H,6-7,9H2,1-2H3,(H2,16,17). The lowest BCUT2D eigenvalue weighted by atomic mass is 10.1. The first-order chi connectivity index (χ1) is 9.11. The van der Waals surface area contributed by atoms with Crippen LogP contribution in [0.25, 0.3) is 0 Å². The van der Waals surface area contributed by atoms with Crippen molar-refractivity contribution in [2.45, 2.75) is 25.0 Å². The first-order valence-corrected chi connectivity index (χ1v) is 6.80. The molecule has 0 heterocycles. The topological polar surface area (TPSA) is 50.9 Å². The molecule has 1 aliphatic carbocycles. The van der Waals surface area contributed by atoms with Gasteiger partial charge in [0, 0.05) is 25.2 Å². The third-order valence-electron chi connectivity index (χ3n) is 3.38. The molecular formula is C14H20ClN3O. The Morgan fingerprint density at radius 3 is 2.89 bits per heavy atom. The van der Waals surface area contributed by atoms with E-state index in [1.807, 2.05) is 36.2 Å². The molecular weight excluding hydrogens is 262 g/mol. The SMILES string of the molecule is COC(CN=C(N)N(C)C1CC1)c1cccc(Cl)c1. The zero-order valence-electron chi connectivity index (χ0n) is 11.3. The number of guanidine groups is 1. The third kappa shape index (κ3) is 3.85. The highest BCUT2D eigenvalue weighted by molar-refractivity contribution is 6.30. The lowest BCUT2D eigenvalue weighted by molar-refractivity contribution is 0.110. The predicted molar refractivity (Wildman–Crippen MR) is 78.5 cm³/mol. The van der Waals surface area contributed by atoms with Crippen molar-refractivity contribution in [1.82, 2.24) is 4.90 Å². The molecule has 0 spiro atoms. The largest absolute Gasteiger partial charge is 0.375 e. The van der Waals surface area contributed by atoms with Gasteiger partial charge in [-0.1, -0.05) is 23.7 Å². The van der Waals surface area contributed by atoms with Crippen molar-refractivity contribution in [2.24, 2.45) is 10.7 Å². The average molecular weight is 282 g/mol. The Morgan fingerprint density at radius 2 is 2.32 bits per heavy atom. The Bertz CT molecular complexity index is 460. The molecule has 0 saturated heterocycles. The summed E-state index contributed by atoms with van der Waals surface area (Å²) in [6.45, 7) is 0.500. The van der Waals surface area contributed by atoms with E-state index in [-0.39, 0.29) is 6.10 Å². The van der Waals surface area contributed by atoms with Crippen LogP contribution >= 0.6 is 11.6 Å². The molecule has 1 saturated carbocycles. The van der Waals surface area contributed by atoms with Crippen molar-refractivity contribution in [2.75, 3.05) is 20.7 Å². The second kappa shape index (κ2) is 6.26. The lowest BCUT2D eigenvalue weighted by Gasteiger charge is -2.19. The maximum Gasteiger partial charge on any atom is 0.191 e. The Kier molecular flexibility index (Phi) is 4.66. The van der Waals surface area contributed by atoms with E-state index in [4.69, 9.17) is 22.1 Å². The van der Waals surface area contributed by atoms with Gasteiger partial charge in [-0.05, 0) is 30.5 Å². The van der Waals surface area contributed by atoms with Gasteiger partial charge in [0.1, 0.15) is 6.10 Å². The summed E-state index contributed by atoms with van der Waals surface area (Å²) in [5, 5.41) is 0.701. The van der Waals surface area contributed by atoms with Gasteiger partial charge in [0.15, 0.2) is 5.96 Å². The van der Waals surface area contributed by atoms with Gasteiger partial charge in [-0.15, -0.1) is 0 Å². The Balaban J connectivity index is 2.00. The van der Waals surface area contributed by atoms with Crippen LogP contribution in [0, 0.1) is 0 Å². The molecule has 104 valence electrons. The van der Waals surface area contributed by atoms with Crippen LogP contribution in [0.3, 0.4) is 0 Å². The summed E-state index contributed by atoms with van der Waals surface area (Å²) in [5.41, 5.74) is 6.98. The molecule has 19 heavy (non-hydrogen) atoms. The van der Waals surface area contributed by atoms with Gasteiger partial charge in [-0.2, -0.15) is 0 Å². The van der Waals surface area contributed by atoms with Crippen LogP contribution in [0.4, 0.5) is 0 Å². The number of aliphatic imine (C=N–C) groups is 1. The lowest BCUT2D eigenvalue weighted by Crippen LogP contribution is -2.36. The van der Waals surface area contributed by atoms with Crippen LogP contribution in [-0.2, 0) is 4.74 Å². The van der Waals surface area contributed by atoms with Crippen LogP contribution in [-0.4, -0.2) is 37.6 Å². The number of methoxy groups -OCH3 is 1. The molecule has 1 unspecified atom stereocenters. The minimum Gasteiger partial charge on any atom is -0.375 e. The van der Waals surface area contributed by atoms with Crippen LogP contribution < -0.4 is 5.73 Å². The molecule has 0 bridgehead atoms. The zero-order chi connectivity index (χ0) is 13.8. The fourth-order valence-corrected chi connectivity index (χ4v) is 2.16. The van der Waals surface area contributed by atoms with E-state index < -0.39 is 0 Å². The van der Waals surface area contributed by atoms with Crippen LogP contribution in [0.2, 0.25) is 5.02 Å². The fourth-order valence-electron chi connectivity index (χ4n) is 1.96. The Morgan fingerprint density at radius 1 is 1.58 bits per heavy atom. The molecule has 4 nitrogen and oxygen atoms in total. The molecule has 1 fully saturated rings. The minimum atomic E-state index is -0.121. The van der Waals surface area contributed by atoms with Crippen molar-refractivity contribution in [3.63, 3.8) is 0 Å². The first kappa shape index (κ1) is 14.2. The number of hydrogen-bond donors (Lipinski definition) is 1. The molecule has 0 radical (unpaired) electrons. The summed E-state index contributed by atoms with van der Waals surface area (Å²) >= 11 is 5.98. The van der Waals surface area contributed by atoms with Gasteiger partial charge in [0.25, 0.3) is 0 Å².